The Labute approximate surface area is 151 Å². The predicted octanol–water partition coefficient (Wildman–Crippen LogP) is 4.04. The van der Waals surface area contributed by atoms with Gasteiger partial charge in [0.25, 0.3) is 5.91 Å². The molecule has 0 aliphatic heterocycles. The number of aromatic nitrogens is 1. The van der Waals surface area contributed by atoms with Crippen molar-refractivity contribution in [2.45, 2.75) is 6.92 Å². The summed E-state index contributed by atoms with van der Waals surface area (Å²) in [4.78, 5) is 27.4. The third-order valence-electron chi connectivity index (χ3n) is 3.54. The van der Waals surface area contributed by atoms with E-state index in [2.05, 4.69) is 20.9 Å². The molecule has 0 aliphatic carbocycles. The van der Waals surface area contributed by atoms with Crippen LogP contribution in [0.25, 0.3) is 0 Å². The third-order valence-corrected chi connectivity index (χ3v) is 3.54. The number of carbonyl (C=O) groups is 2. The highest BCUT2D eigenvalue weighted by molar-refractivity contribution is 6.03. The number of carbonyl (C=O) groups excluding carboxylic acids is 2. The third kappa shape index (κ3) is 4.67. The molecule has 6 nitrogen and oxygen atoms in total. The molecule has 2 aromatic carbocycles. The molecule has 3 aromatic rings. The minimum atomic E-state index is -0.202. The van der Waals surface area contributed by atoms with E-state index in [-0.39, 0.29) is 11.8 Å². The molecule has 26 heavy (non-hydrogen) atoms. The fraction of sp³-hybridized carbons (Fsp3) is 0.0500. The van der Waals surface area contributed by atoms with Crippen LogP contribution >= 0.6 is 0 Å². The van der Waals surface area contributed by atoms with E-state index >= 15 is 0 Å². The van der Waals surface area contributed by atoms with Gasteiger partial charge in [0.2, 0.25) is 5.91 Å². The van der Waals surface area contributed by atoms with Crippen LogP contribution in [0.15, 0.2) is 72.9 Å². The zero-order valence-corrected chi connectivity index (χ0v) is 14.2. The minimum absolute atomic E-state index is 0.108. The molecule has 0 saturated carbocycles. The molecule has 2 amide bonds. The molecule has 3 rings (SSSR count). The second-order valence-electron chi connectivity index (χ2n) is 5.64. The van der Waals surface area contributed by atoms with Crippen LogP contribution in [0.3, 0.4) is 0 Å². The van der Waals surface area contributed by atoms with Gasteiger partial charge in [0.05, 0.1) is 11.9 Å². The van der Waals surface area contributed by atoms with E-state index in [4.69, 9.17) is 0 Å². The van der Waals surface area contributed by atoms with E-state index in [1.165, 1.54) is 6.92 Å². The fourth-order valence-electron chi connectivity index (χ4n) is 2.33. The van der Waals surface area contributed by atoms with E-state index in [9.17, 15) is 9.59 Å². The summed E-state index contributed by atoms with van der Waals surface area (Å²) in [5.41, 5.74) is 2.97. The Hall–Kier alpha value is -3.67. The molecule has 0 bridgehead atoms. The van der Waals surface area contributed by atoms with Crippen LogP contribution in [0.1, 0.15) is 17.3 Å². The monoisotopic (exact) mass is 346 g/mol. The van der Waals surface area contributed by atoms with Crippen molar-refractivity contribution in [3.05, 3.63) is 78.5 Å². The lowest BCUT2D eigenvalue weighted by molar-refractivity contribution is -0.114. The van der Waals surface area contributed by atoms with Gasteiger partial charge in [-0.25, -0.2) is 4.98 Å². The standard InChI is InChI=1S/C20H18N4O2/c1-14(25)22-16-7-9-17(10-8-16)23-18-11-12-19(21-13-18)24-20(26)15-5-3-2-4-6-15/h2-13,23H,1H3,(H,22,25)(H,21,24,26). The van der Waals surface area contributed by atoms with Crippen LogP contribution in [0.5, 0.6) is 0 Å². The summed E-state index contributed by atoms with van der Waals surface area (Å²) in [6.07, 6.45) is 1.64. The summed E-state index contributed by atoms with van der Waals surface area (Å²) in [5, 5.41) is 8.68. The molecule has 0 aliphatic rings. The van der Waals surface area contributed by atoms with Gasteiger partial charge in [-0.3, -0.25) is 9.59 Å². The van der Waals surface area contributed by atoms with Gasteiger partial charge in [-0.1, -0.05) is 18.2 Å². The first-order valence-corrected chi connectivity index (χ1v) is 8.07. The molecule has 0 saturated heterocycles. The topological polar surface area (TPSA) is 83.1 Å². The van der Waals surface area contributed by atoms with Crippen LogP contribution in [0, 0.1) is 0 Å². The Kier molecular flexibility index (Phi) is 5.24. The maximum atomic E-state index is 12.1. The number of pyridine rings is 1. The first-order valence-electron chi connectivity index (χ1n) is 8.07. The van der Waals surface area contributed by atoms with Gasteiger partial charge in [-0.15, -0.1) is 0 Å². The quantitative estimate of drug-likeness (QED) is 0.651. The van der Waals surface area contributed by atoms with Gasteiger partial charge in [-0.2, -0.15) is 0 Å². The van der Waals surface area contributed by atoms with Gasteiger partial charge in [-0.05, 0) is 48.5 Å². The van der Waals surface area contributed by atoms with Crippen molar-refractivity contribution >= 4 is 34.7 Å². The average molecular weight is 346 g/mol. The maximum absolute atomic E-state index is 12.1. The molecule has 1 aromatic heterocycles. The smallest absolute Gasteiger partial charge is 0.256 e. The highest BCUT2D eigenvalue weighted by Gasteiger charge is 2.06. The van der Waals surface area contributed by atoms with Crippen LogP contribution in [-0.4, -0.2) is 16.8 Å². The largest absolute Gasteiger partial charge is 0.354 e. The Bertz CT molecular complexity index is 891. The summed E-state index contributed by atoms with van der Waals surface area (Å²) in [5.74, 6) is 0.167. The number of hydrogen-bond acceptors (Lipinski definition) is 4. The Morgan fingerprint density at radius 1 is 0.769 bits per heavy atom. The SMILES string of the molecule is CC(=O)Nc1ccc(Nc2ccc(NC(=O)c3ccccc3)nc2)cc1. The molecule has 0 spiro atoms. The van der Waals surface area contributed by atoms with Crippen molar-refractivity contribution in [2.75, 3.05) is 16.0 Å². The van der Waals surface area contributed by atoms with Crippen molar-refractivity contribution in [3.63, 3.8) is 0 Å². The molecule has 0 radical (unpaired) electrons. The van der Waals surface area contributed by atoms with Crippen LogP contribution in [0.2, 0.25) is 0 Å². The van der Waals surface area contributed by atoms with E-state index in [0.29, 0.717) is 11.4 Å². The summed E-state index contributed by atoms with van der Waals surface area (Å²) in [6, 6.07) is 19.9. The number of benzene rings is 2. The minimum Gasteiger partial charge on any atom is -0.354 e. The van der Waals surface area contributed by atoms with E-state index in [1.54, 1.807) is 24.4 Å². The second kappa shape index (κ2) is 7.94. The van der Waals surface area contributed by atoms with Gasteiger partial charge < -0.3 is 16.0 Å². The average Bonchev–Trinajstić information content (AvgIpc) is 2.65. The van der Waals surface area contributed by atoms with E-state index in [1.807, 2.05) is 48.5 Å². The normalized spacial score (nSPS) is 10.0. The summed E-state index contributed by atoms with van der Waals surface area (Å²) in [6.45, 7) is 1.47. The number of anilines is 4. The van der Waals surface area contributed by atoms with Gasteiger partial charge in [0.15, 0.2) is 0 Å². The Morgan fingerprint density at radius 2 is 1.42 bits per heavy atom. The van der Waals surface area contributed by atoms with Gasteiger partial charge in [0.1, 0.15) is 5.82 Å². The zero-order chi connectivity index (χ0) is 18.4. The number of nitrogens with one attached hydrogen (secondary N) is 3. The number of hydrogen-bond donors (Lipinski definition) is 3. The lowest BCUT2D eigenvalue weighted by Crippen LogP contribution is -2.12. The summed E-state index contributed by atoms with van der Waals surface area (Å²) in [7, 11) is 0. The van der Waals surface area contributed by atoms with Crippen molar-refractivity contribution < 1.29 is 9.59 Å². The Morgan fingerprint density at radius 3 is 2.04 bits per heavy atom. The lowest BCUT2D eigenvalue weighted by atomic mass is 10.2. The first-order chi connectivity index (χ1) is 12.6. The molecule has 0 fully saturated rings. The molecular weight excluding hydrogens is 328 g/mol. The van der Waals surface area contributed by atoms with E-state index < -0.39 is 0 Å². The highest BCUT2D eigenvalue weighted by atomic mass is 16.2. The number of rotatable bonds is 5. The van der Waals surface area contributed by atoms with Crippen LogP contribution < -0.4 is 16.0 Å². The molecular formula is C20H18N4O2. The zero-order valence-electron chi connectivity index (χ0n) is 14.2. The lowest BCUT2D eigenvalue weighted by Gasteiger charge is -2.09. The van der Waals surface area contributed by atoms with Gasteiger partial charge >= 0.3 is 0 Å². The van der Waals surface area contributed by atoms with Gasteiger partial charge in [0, 0.05) is 23.9 Å². The van der Waals surface area contributed by atoms with Crippen LogP contribution in [0.4, 0.5) is 22.9 Å². The van der Waals surface area contributed by atoms with Crippen molar-refractivity contribution in [3.8, 4) is 0 Å². The van der Waals surface area contributed by atoms with E-state index in [0.717, 1.165) is 17.1 Å². The fourth-order valence-corrected chi connectivity index (χ4v) is 2.33. The first kappa shape index (κ1) is 17.2. The van der Waals surface area contributed by atoms with Crippen molar-refractivity contribution in [1.82, 2.24) is 4.98 Å². The highest BCUT2D eigenvalue weighted by Crippen LogP contribution is 2.19. The molecule has 130 valence electrons. The van der Waals surface area contributed by atoms with Crippen LogP contribution in [-0.2, 0) is 4.79 Å². The number of nitrogens with zero attached hydrogens (tertiary/aromatic N) is 1. The number of amides is 2. The molecule has 0 atom stereocenters. The van der Waals surface area contributed by atoms with Crippen molar-refractivity contribution in [2.24, 2.45) is 0 Å². The second-order valence-corrected chi connectivity index (χ2v) is 5.64. The molecule has 0 unspecified atom stereocenters. The molecule has 6 heteroatoms. The summed E-state index contributed by atoms with van der Waals surface area (Å²) < 4.78 is 0. The molecule has 3 N–H and O–H groups in total. The molecule has 1 heterocycles. The summed E-state index contributed by atoms with van der Waals surface area (Å²) >= 11 is 0. The Balaban J connectivity index is 1.61. The maximum Gasteiger partial charge on any atom is 0.256 e. The predicted molar refractivity (Wildman–Crippen MR) is 103 cm³/mol. The van der Waals surface area contributed by atoms with Crippen molar-refractivity contribution in [1.29, 1.82) is 0 Å².